The number of carboxylic acid groups (broad SMARTS) is 1. The number of amides is 2. The normalized spacial score (nSPS) is 12.9. The van der Waals surface area contributed by atoms with Crippen molar-refractivity contribution in [1.82, 2.24) is 10.6 Å². The second kappa shape index (κ2) is 30.5. The Morgan fingerprint density at radius 3 is 1.64 bits per heavy atom. The van der Waals surface area contributed by atoms with Gasteiger partial charge in [0.2, 0.25) is 11.8 Å². The number of unbranched alkanes of at least 4 members (excludes halogenated alkanes) is 14. The summed E-state index contributed by atoms with van der Waals surface area (Å²) < 4.78 is 0. The molecule has 0 saturated heterocycles. The summed E-state index contributed by atoms with van der Waals surface area (Å²) in [5.41, 5.74) is 11.0. The molecule has 0 saturated carbocycles. The van der Waals surface area contributed by atoms with Gasteiger partial charge >= 0.3 is 5.97 Å². The zero-order chi connectivity index (χ0) is 35.1. The molecule has 0 aliphatic rings. The van der Waals surface area contributed by atoms with E-state index in [0.29, 0.717) is 44.9 Å². The Balaban J connectivity index is 4.05. The molecule has 0 aliphatic carbocycles. The minimum atomic E-state index is -0.762. The number of carbonyl (C=O) groups is 5. The Hall–Kier alpha value is -2.79. The first-order valence-electron chi connectivity index (χ1n) is 18.2. The maximum Gasteiger partial charge on any atom is 0.303 e. The van der Waals surface area contributed by atoms with Crippen LogP contribution in [0, 0.1) is 5.92 Å². The first-order valence-corrected chi connectivity index (χ1v) is 18.2. The van der Waals surface area contributed by atoms with Crippen molar-refractivity contribution in [2.75, 3.05) is 13.6 Å². The van der Waals surface area contributed by atoms with Gasteiger partial charge in [-0.25, -0.2) is 0 Å². The third kappa shape index (κ3) is 28.0. The lowest BCUT2D eigenvalue weighted by Crippen LogP contribution is -2.34. The molecule has 0 aliphatic heterocycles. The Morgan fingerprint density at radius 1 is 0.638 bits per heavy atom. The van der Waals surface area contributed by atoms with E-state index in [2.05, 4.69) is 10.6 Å². The molecule has 0 aromatic rings. The number of primary amides is 1. The number of aliphatic hydroxyl groups is 1. The summed E-state index contributed by atoms with van der Waals surface area (Å²) >= 11 is 0. The highest BCUT2D eigenvalue weighted by atomic mass is 16.4. The van der Waals surface area contributed by atoms with Gasteiger partial charge in [0.25, 0.3) is 0 Å². The van der Waals surface area contributed by atoms with Crippen molar-refractivity contribution >= 4 is 29.4 Å². The van der Waals surface area contributed by atoms with E-state index in [4.69, 9.17) is 16.6 Å². The molecule has 2 atom stereocenters. The summed E-state index contributed by atoms with van der Waals surface area (Å²) in [5, 5.41) is 23.7. The smallest absolute Gasteiger partial charge is 0.303 e. The SMILES string of the molecule is CNC(N)CCC(=O)CC[C@H](CCCCNC(=O)CCCCCCCCCCCCCCCCC(=O)O)C(=O)CC/C(=C/O)C(N)=O. The van der Waals surface area contributed by atoms with Gasteiger partial charge in [0.05, 0.1) is 18.0 Å². The maximum atomic E-state index is 12.9. The first-order chi connectivity index (χ1) is 22.6. The van der Waals surface area contributed by atoms with E-state index in [1.54, 1.807) is 7.05 Å². The van der Waals surface area contributed by atoms with Crippen molar-refractivity contribution in [2.45, 2.75) is 167 Å². The van der Waals surface area contributed by atoms with Gasteiger partial charge in [0.15, 0.2) is 0 Å². The summed E-state index contributed by atoms with van der Waals surface area (Å²) in [6.07, 6.45) is 21.0. The van der Waals surface area contributed by atoms with Gasteiger partial charge < -0.3 is 32.3 Å². The second-order valence-corrected chi connectivity index (χ2v) is 12.9. The van der Waals surface area contributed by atoms with Crippen molar-refractivity contribution in [3.8, 4) is 0 Å². The molecule has 1 unspecified atom stereocenters. The Labute approximate surface area is 283 Å². The average molecular weight is 667 g/mol. The molecule has 8 N–H and O–H groups in total. The Morgan fingerprint density at radius 2 is 1.15 bits per heavy atom. The molecular weight excluding hydrogens is 600 g/mol. The predicted octanol–water partition coefficient (Wildman–Crippen LogP) is 6.13. The quantitative estimate of drug-likeness (QED) is 0.0202. The third-order valence-corrected chi connectivity index (χ3v) is 8.79. The zero-order valence-electron chi connectivity index (χ0n) is 29.2. The van der Waals surface area contributed by atoms with Crippen molar-refractivity contribution in [1.29, 1.82) is 0 Å². The van der Waals surface area contributed by atoms with Gasteiger partial charge in [0, 0.05) is 44.6 Å². The number of carboxylic acids is 1. The number of aliphatic hydroxyl groups excluding tert-OH is 1. The summed E-state index contributed by atoms with van der Waals surface area (Å²) in [6, 6.07) is 0. The largest absolute Gasteiger partial charge is 0.515 e. The maximum absolute atomic E-state index is 12.9. The molecule has 11 nitrogen and oxygen atoms in total. The fourth-order valence-corrected chi connectivity index (χ4v) is 5.62. The zero-order valence-corrected chi connectivity index (χ0v) is 29.2. The van der Waals surface area contributed by atoms with Crippen LogP contribution in [0.2, 0.25) is 0 Å². The van der Waals surface area contributed by atoms with E-state index in [-0.39, 0.29) is 60.8 Å². The number of aliphatic carboxylic acids is 1. The van der Waals surface area contributed by atoms with Crippen LogP contribution in [0.3, 0.4) is 0 Å². The first kappa shape index (κ1) is 44.2. The number of Topliss-reactive ketones (excluding diaryl/α,β-unsaturated/α-hetero) is 2. The van der Waals surface area contributed by atoms with Crippen LogP contribution in [0.1, 0.15) is 161 Å². The molecule has 47 heavy (non-hydrogen) atoms. The van der Waals surface area contributed by atoms with Gasteiger partial charge in [-0.3, -0.25) is 24.0 Å². The molecule has 0 aromatic carbocycles. The molecule has 272 valence electrons. The molecule has 0 radical (unpaired) electrons. The standard InChI is InChI=1S/C36H66N4O7/c1-39-33(37)26-24-31(42)23-21-29(32(43)25-22-30(28-41)36(38)47)18-16-17-27-40-34(44)19-14-12-10-8-6-4-2-3-5-7-9-11-13-15-20-35(45)46/h28-29,33,39,41H,2-27,37H2,1H3,(H2,38,47)(H,40,44)(H,45,46)/b30-28-/t29-,33?/m0/s1. The third-order valence-electron chi connectivity index (χ3n) is 8.79. The van der Waals surface area contributed by atoms with Gasteiger partial charge in [-0.1, -0.05) is 83.5 Å². The van der Waals surface area contributed by atoms with Crippen LogP contribution in [0.5, 0.6) is 0 Å². The average Bonchev–Trinajstić information content (AvgIpc) is 3.04. The predicted molar refractivity (Wildman–Crippen MR) is 187 cm³/mol. The van der Waals surface area contributed by atoms with Crippen LogP contribution >= 0.6 is 0 Å². The molecule has 11 heteroatoms. The lowest BCUT2D eigenvalue weighted by molar-refractivity contribution is -0.137. The summed E-state index contributed by atoms with van der Waals surface area (Å²) in [6.45, 7) is 0.546. The van der Waals surface area contributed by atoms with E-state index in [1.165, 1.54) is 51.4 Å². The summed E-state index contributed by atoms with van der Waals surface area (Å²) in [5.74, 6) is -1.75. The van der Waals surface area contributed by atoms with Crippen LogP contribution < -0.4 is 22.1 Å². The number of nitrogens with two attached hydrogens (primary N) is 2. The number of rotatable bonds is 34. The number of hydrogen-bond donors (Lipinski definition) is 6. The molecular formula is C36H66N4O7. The monoisotopic (exact) mass is 666 g/mol. The summed E-state index contributed by atoms with van der Waals surface area (Å²) in [7, 11) is 1.74. The van der Waals surface area contributed by atoms with Gasteiger partial charge in [-0.05, 0) is 52.0 Å². The molecule has 0 rings (SSSR count). The van der Waals surface area contributed by atoms with E-state index in [0.717, 1.165) is 51.4 Å². The van der Waals surface area contributed by atoms with Crippen LogP contribution in [0.25, 0.3) is 0 Å². The van der Waals surface area contributed by atoms with Crippen LogP contribution in [0.15, 0.2) is 11.8 Å². The molecule has 0 fully saturated rings. The lowest BCUT2D eigenvalue weighted by Gasteiger charge is -2.16. The van der Waals surface area contributed by atoms with Crippen molar-refractivity contribution < 1.29 is 34.2 Å². The van der Waals surface area contributed by atoms with E-state index < -0.39 is 11.9 Å². The second-order valence-electron chi connectivity index (χ2n) is 12.9. The van der Waals surface area contributed by atoms with E-state index in [1.807, 2.05) is 0 Å². The van der Waals surface area contributed by atoms with Crippen LogP contribution in [0.4, 0.5) is 0 Å². The highest BCUT2D eigenvalue weighted by Crippen LogP contribution is 2.21. The van der Waals surface area contributed by atoms with Crippen LogP contribution in [-0.2, 0) is 24.0 Å². The summed E-state index contributed by atoms with van der Waals surface area (Å²) in [4.78, 5) is 59.4. The number of carbonyl (C=O) groups excluding carboxylic acids is 4. The topological polar surface area (TPSA) is 202 Å². The lowest BCUT2D eigenvalue weighted by atomic mass is 9.88. The van der Waals surface area contributed by atoms with E-state index in [9.17, 15) is 29.1 Å². The van der Waals surface area contributed by atoms with Crippen molar-refractivity contribution in [3.05, 3.63) is 11.8 Å². The number of ketones is 2. The van der Waals surface area contributed by atoms with Gasteiger partial charge in [-0.2, -0.15) is 0 Å². The van der Waals surface area contributed by atoms with Gasteiger partial charge in [-0.15, -0.1) is 0 Å². The molecule has 0 aromatic heterocycles. The molecule has 2 amide bonds. The minimum Gasteiger partial charge on any atom is -0.515 e. The Kier molecular flexibility index (Phi) is 28.7. The highest BCUT2D eigenvalue weighted by molar-refractivity contribution is 5.92. The van der Waals surface area contributed by atoms with E-state index >= 15 is 0 Å². The number of hydrogen-bond acceptors (Lipinski definition) is 8. The molecule has 0 heterocycles. The highest BCUT2D eigenvalue weighted by Gasteiger charge is 2.21. The van der Waals surface area contributed by atoms with Crippen molar-refractivity contribution in [2.24, 2.45) is 17.4 Å². The fraction of sp³-hybridized carbons (Fsp3) is 0.806. The molecule has 0 spiro atoms. The fourth-order valence-electron chi connectivity index (χ4n) is 5.62. The van der Waals surface area contributed by atoms with Gasteiger partial charge in [0.1, 0.15) is 11.6 Å². The Bertz CT molecular complexity index is 910. The minimum absolute atomic E-state index is 0.000860. The van der Waals surface area contributed by atoms with Crippen LogP contribution in [-0.4, -0.2) is 59.3 Å². The van der Waals surface area contributed by atoms with Crippen molar-refractivity contribution in [3.63, 3.8) is 0 Å². The molecule has 0 bridgehead atoms. The number of nitrogens with one attached hydrogen (secondary N) is 2.